The summed E-state index contributed by atoms with van der Waals surface area (Å²) in [6, 6.07) is 16.5. The van der Waals surface area contributed by atoms with Crippen molar-refractivity contribution < 1.29 is 9.53 Å². The molecule has 0 atom stereocenters. The van der Waals surface area contributed by atoms with Gasteiger partial charge in [0.05, 0.1) is 18.7 Å². The molecule has 0 saturated heterocycles. The number of nitrogens with zero attached hydrogens (tertiary/aromatic N) is 2. The van der Waals surface area contributed by atoms with Crippen molar-refractivity contribution in [1.29, 1.82) is 5.26 Å². The highest BCUT2D eigenvalue weighted by Gasteiger charge is 2.12. The minimum Gasteiger partial charge on any atom is -0.496 e. The van der Waals surface area contributed by atoms with Crippen molar-refractivity contribution in [2.24, 2.45) is 0 Å². The van der Waals surface area contributed by atoms with Gasteiger partial charge in [0.2, 0.25) is 0 Å². The van der Waals surface area contributed by atoms with Crippen LogP contribution in [0.1, 0.15) is 21.5 Å². The Labute approximate surface area is 130 Å². The van der Waals surface area contributed by atoms with Crippen LogP contribution in [0.2, 0.25) is 0 Å². The number of ether oxygens (including phenoxy) is 1. The van der Waals surface area contributed by atoms with Crippen LogP contribution in [-0.4, -0.2) is 31.5 Å². The number of carbonyl (C=O) groups is 1. The number of methoxy groups -OCH3 is 1. The van der Waals surface area contributed by atoms with Crippen LogP contribution in [0.4, 0.5) is 0 Å². The number of hydrogen-bond acceptors (Lipinski definition) is 3. The van der Waals surface area contributed by atoms with E-state index in [2.05, 4.69) is 0 Å². The molecule has 0 aliphatic rings. The van der Waals surface area contributed by atoms with Gasteiger partial charge in [-0.3, -0.25) is 4.79 Å². The predicted octanol–water partition coefficient (Wildman–Crippen LogP) is 2.88. The van der Waals surface area contributed by atoms with Crippen molar-refractivity contribution in [3.63, 3.8) is 0 Å². The molecule has 0 fully saturated rings. The lowest BCUT2D eigenvalue weighted by Gasteiger charge is -2.18. The first kappa shape index (κ1) is 15.6. The molecule has 4 heteroatoms. The quantitative estimate of drug-likeness (QED) is 0.852. The van der Waals surface area contributed by atoms with E-state index in [1.54, 1.807) is 43.3 Å². The Bertz CT molecular complexity index is 687. The van der Waals surface area contributed by atoms with Gasteiger partial charge >= 0.3 is 0 Å². The number of carbonyl (C=O) groups excluding carboxylic acids is 1. The fourth-order valence-electron chi connectivity index (χ4n) is 2.21. The maximum absolute atomic E-state index is 12.3. The number of rotatable bonds is 5. The summed E-state index contributed by atoms with van der Waals surface area (Å²) in [4.78, 5) is 14.0. The zero-order valence-corrected chi connectivity index (χ0v) is 12.7. The van der Waals surface area contributed by atoms with Gasteiger partial charge in [-0.25, -0.2) is 0 Å². The Morgan fingerprint density at radius 3 is 2.50 bits per heavy atom. The first-order chi connectivity index (χ1) is 10.7. The molecule has 0 bridgehead atoms. The number of para-hydroxylation sites is 1. The van der Waals surface area contributed by atoms with Gasteiger partial charge in [0.15, 0.2) is 0 Å². The van der Waals surface area contributed by atoms with Crippen LogP contribution in [-0.2, 0) is 6.42 Å². The number of amides is 1. The molecule has 2 aromatic carbocycles. The van der Waals surface area contributed by atoms with E-state index in [1.807, 2.05) is 30.3 Å². The molecule has 112 valence electrons. The predicted molar refractivity (Wildman–Crippen MR) is 84.8 cm³/mol. The molecule has 0 aromatic heterocycles. The second-order valence-electron chi connectivity index (χ2n) is 4.98. The van der Waals surface area contributed by atoms with Gasteiger partial charge in [-0.05, 0) is 42.3 Å². The molecular formula is C18H18N2O2. The summed E-state index contributed by atoms with van der Waals surface area (Å²) in [6.45, 7) is 0.596. The van der Waals surface area contributed by atoms with Gasteiger partial charge in [0.25, 0.3) is 5.91 Å². The molecule has 22 heavy (non-hydrogen) atoms. The third kappa shape index (κ3) is 3.64. The standard InChI is InChI=1S/C18H18N2O2/c1-20(12-11-15-5-3-4-6-17(15)22-2)18(21)16-9-7-14(13-19)8-10-16/h3-10H,11-12H2,1-2H3. The van der Waals surface area contributed by atoms with Crippen molar-refractivity contribution in [3.05, 3.63) is 65.2 Å². The highest BCUT2D eigenvalue weighted by Crippen LogP contribution is 2.18. The lowest BCUT2D eigenvalue weighted by molar-refractivity contribution is 0.0796. The molecule has 0 spiro atoms. The minimum absolute atomic E-state index is 0.0561. The normalized spacial score (nSPS) is 9.86. The van der Waals surface area contributed by atoms with Crippen molar-refractivity contribution in [1.82, 2.24) is 4.90 Å². The summed E-state index contributed by atoms with van der Waals surface area (Å²) in [5, 5.41) is 8.78. The SMILES string of the molecule is COc1ccccc1CCN(C)C(=O)c1ccc(C#N)cc1. The van der Waals surface area contributed by atoms with Crippen LogP contribution in [0.3, 0.4) is 0 Å². The van der Waals surface area contributed by atoms with Crippen LogP contribution in [0.15, 0.2) is 48.5 Å². The Morgan fingerprint density at radius 1 is 1.18 bits per heavy atom. The monoisotopic (exact) mass is 294 g/mol. The molecule has 2 aromatic rings. The lowest BCUT2D eigenvalue weighted by Crippen LogP contribution is -2.28. The van der Waals surface area contributed by atoms with Crippen LogP contribution in [0, 0.1) is 11.3 Å². The topological polar surface area (TPSA) is 53.3 Å². The molecule has 0 saturated carbocycles. The van der Waals surface area contributed by atoms with Crippen molar-refractivity contribution in [2.75, 3.05) is 20.7 Å². The smallest absolute Gasteiger partial charge is 0.253 e. The number of benzene rings is 2. The van der Waals surface area contributed by atoms with Crippen LogP contribution >= 0.6 is 0 Å². The molecule has 0 aliphatic carbocycles. The first-order valence-electron chi connectivity index (χ1n) is 7.03. The molecule has 0 radical (unpaired) electrons. The van der Waals surface area contributed by atoms with Crippen LogP contribution in [0.5, 0.6) is 5.75 Å². The summed E-state index contributed by atoms with van der Waals surface area (Å²) in [5.41, 5.74) is 2.21. The van der Waals surface area contributed by atoms with Gasteiger partial charge in [0, 0.05) is 19.2 Å². The maximum Gasteiger partial charge on any atom is 0.253 e. The van der Waals surface area contributed by atoms with Crippen molar-refractivity contribution in [3.8, 4) is 11.8 Å². The lowest BCUT2D eigenvalue weighted by atomic mass is 10.1. The summed E-state index contributed by atoms with van der Waals surface area (Å²) in [7, 11) is 3.42. The third-order valence-corrected chi connectivity index (χ3v) is 3.52. The van der Waals surface area contributed by atoms with E-state index in [1.165, 1.54) is 0 Å². The van der Waals surface area contributed by atoms with Crippen molar-refractivity contribution >= 4 is 5.91 Å². The molecule has 0 unspecified atom stereocenters. The Balaban J connectivity index is 2.00. The largest absolute Gasteiger partial charge is 0.496 e. The van der Waals surface area contributed by atoms with E-state index >= 15 is 0 Å². The maximum atomic E-state index is 12.3. The zero-order chi connectivity index (χ0) is 15.9. The van der Waals surface area contributed by atoms with Gasteiger partial charge in [-0.15, -0.1) is 0 Å². The molecular weight excluding hydrogens is 276 g/mol. The minimum atomic E-state index is -0.0561. The van der Waals surface area contributed by atoms with Gasteiger partial charge in [-0.2, -0.15) is 5.26 Å². The molecule has 1 amide bonds. The fourth-order valence-corrected chi connectivity index (χ4v) is 2.21. The average Bonchev–Trinajstić information content (AvgIpc) is 2.59. The number of likely N-dealkylation sites (N-methyl/N-ethyl adjacent to an activating group) is 1. The van der Waals surface area contributed by atoms with Gasteiger partial charge in [0.1, 0.15) is 5.75 Å². The Kier molecular flexibility index (Phi) is 5.16. The molecule has 0 aliphatic heterocycles. The average molecular weight is 294 g/mol. The van der Waals surface area contributed by atoms with E-state index in [9.17, 15) is 4.79 Å². The molecule has 4 nitrogen and oxygen atoms in total. The van der Waals surface area contributed by atoms with Crippen LogP contribution in [0.25, 0.3) is 0 Å². The third-order valence-electron chi connectivity index (χ3n) is 3.52. The van der Waals surface area contributed by atoms with E-state index in [0.717, 1.165) is 17.7 Å². The van der Waals surface area contributed by atoms with E-state index < -0.39 is 0 Å². The fraction of sp³-hybridized carbons (Fsp3) is 0.222. The van der Waals surface area contributed by atoms with Crippen LogP contribution < -0.4 is 4.74 Å². The summed E-state index contributed by atoms with van der Waals surface area (Å²) in [5.74, 6) is 0.779. The van der Waals surface area contributed by atoms with E-state index in [-0.39, 0.29) is 5.91 Å². The Morgan fingerprint density at radius 2 is 1.86 bits per heavy atom. The van der Waals surface area contributed by atoms with Gasteiger partial charge < -0.3 is 9.64 Å². The van der Waals surface area contributed by atoms with Gasteiger partial charge in [-0.1, -0.05) is 18.2 Å². The Hall–Kier alpha value is -2.80. The number of nitriles is 1. The zero-order valence-electron chi connectivity index (χ0n) is 12.7. The van der Waals surface area contributed by atoms with E-state index in [0.29, 0.717) is 17.7 Å². The summed E-state index contributed by atoms with van der Waals surface area (Å²) in [6.07, 6.45) is 0.725. The summed E-state index contributed by atoms with van der Waals surface area (Å²) < 4.78 is 5.31. The second kappa shape index (κ2) is 7.28. The first-order valence-corrected chi connectivity index (χ1v) is 7.03. The molecule has 0 N–H and O–H groups in total. The van der Waals surface area contributed by atoms with Crippen molar-refractivity contribution in [2.45, 2.75) is 6.42 Å². The number of hydrogen-bond donors (Lipinski definition) is 0. The summed E-state index contributed by atoms with van der Waals surface area (Å²) >= 11 is 0. The molecule has 0 heterocycles. The highest BCUT2D eigenvalue weighted by molar-refractivity contribution is 5.94. The van der Waals surface area contributed by atoms with E-state index in [4.69, 9.17) is 10.00 Å². The highest BCUT2D eigenvalue weighted by atomic mass is 16.5. The second-order valence-corrected chi connectivity index (χ2v) is 4.98. The molecule has 2 rings (SSSR count).